The third kappa shape index (κ3) is 4.83. The summed E-state index contributed by atoms with van der Waals surface area (Å²) in [4.78, 5) is 39.8. The molecule has 2 heterocycles. The van der Waals surface area contributed by atoms with Gasteiger partial charge in [-0.05, 0) is 18.1 Å². The lowest BCUT2D eigenvalue weighted by molar-refractivity contribution is -0.135. The number of aromatic nitrogens is 1. The number of ketones is 1. The maximum Gasteiger partial charge on any atom is 0.292 e. The van der Waals surface area contributed by atoms with Crippen LogP contribution in [0.3, 0.4) is 0 Å². The van der Waals surface area contributed by atoms with Gasteiger partial charge in [-0.15, -0.1) is 0 Å². The van der Waals surface area contributed by atoms with Gasteiger partial charge in [-0.3, -0.25) is 14.4 Å². The molecule has 160 valence electrons. The van der Waals surface area contributed by atoms with Gasteiger partial charge in [0.25, 0.3) is 11.7 Å². The minimum Gasteiger partial charge on any atom is -0.378 e. The molecule has 1 N–H and O–H groups in total. The van der Waals surface area contributed by atoms with Gasteiger partial charge >= 0.3 is 0 Å². The van der Waals surface area contributed by atoms with Crippen LogP contribution in [0.15, 0.2) is 60.8 Å². The zero-order valence-electron chi connectivity index (χ0n) is 17.3. The SMILES string of the molecule is O=C(NCCc1ccccc1)C(=O)c1cn(CC(=O)N2CCOCC2)c2ccccc12. The van der Waals surface area contributed by atoms with E-state index in [0.29, 0.717) is 50.2 Å². The van der Waals surface area contributed by atoms with E-state index in [-0.39, 0.29) is 12.5 Å². The molecule has 0 atom stereocenters. The molecule has 0 saturated carbocycles. The second-order valence-corrected chi connectivity index (χ2v) is 7.50. The van der Waals surface area contributed by atoms with E-state index in [1.165, 1.54) is 0 Å². The molecular weight excluding hydrogens is 394 g/mol. The molecule has 1 aromatic heterocycles. The molecule has 2 amide bonds. The lowest BCUT2D eigenvalue weighted by atomic mass is 10.1. The summed E-state index contributed by atoms with van der Waals surface area (Å²) >= 11 is 0. The Balaban J connectivity index is 1.47. The van der Waals surface area contributed by atoms with E-state index in [4.69, 9.17) is 4.74 Å². The highest BCUT2D eigenvalue weighted by molar-refractivity contribution is 6.45. The zero-order valence-corrected chi connectivity index (χ0v) is 17.3. The highest BCUT2D eigenvalue weighted by Crippen LogP contribution is 2.22. The molecule has 0 aliphatic carbocycles. The average molecular weight is 419 g/mol. The van der Waals surface area contributed by atoms with Crippen LogP contribution in [0, 0.1) is 0 Å². The number of hydrogen-bond donors (Lipinski definition) is 1. The van der Waals surface area contributed by atoms with Gasteiger partial charge < -0.3 is 19.5 Å². The fraction of sp³-hybridized carbons (Fsp3) is 0.292. The molecule has 1 aliphatic rings. The van der Waals surface area contributed by atoms with Crippen LogP contribution in [0.5, 0.6) is 0 Å². The Labute approximate surface area is 180 Å². The van der Waals surface area contributed by atoms with Gasteiger partial charge in [0.15, 0.2) is 0 Å². The molecule has 0 radical (unpaired) electrons. The first-order chi connectivity index (χ1) is 15.1. The van der Waals surface area contributed by atoms with Crippen molar-refractivity contribution >= 4 is 28.5 Å². The molecule has 0 spiro atoms. The quantitative estimate of drug-likeness (QED) is 0.470. The van der Waals surface area contributed by atoms with Crippen molar-refractivity contribution in [1.82, 2.24) is 14.8 Å². The number of nitrogens with one attached hydrogen (secondary N) is 1. The van der Waals surface area contributed by atoms with Crippen LogP contribution in [-0.4, -0.2) is 59.9 Å². The third-order valence-corrected chi connectivity index (χ3v) is 5.45. The molecule has 2 aromatic carbocycles. The number of Topliss-reactive ketones (excluding diaryl/α,β-unsaturated/α-hetero) is 1. The summed E-state index contributed by atoms with van der Waals surface area (Å²) in [7, 11) is 0. The molecule has 1 aliphatic heterocycles. The van der Waals surface area contributed by atoms with Crippen molar-refractivity contribution in [2.75, 3.05) is 32.8 Å². The molecule has 1 fully saturated rings. The minimum atomic E-state index is -0.640. The Morgan fingerprint density at radius 3 is 2.42 bits per heavy atom. The smallest absolute Gasteiger partial charge is 0.292 e. The summed E-state index contributed by atoms with van der Waals surface area (Å²) in [6.07, 6.45) is 2.26. The van der Waals surface area contributed by atoms with Crippen LogP contribution in [0.25, 0.3) is 10.9 Å². The lowest BCUT2D eigenvalue weighted by Crippen LogP contribution is -2.42. The van der Waals surface area contributed by atoms with Crippen molar-refractivity contribution in [2.45, 2.75) is 13.0 Å². The fourth-order valence-electron chi connectivity index (χ4n) is 3.78. The van der Waals surface area contributed by atoms with Crippen molar-refractivity contribution < 1.29 is 19.1 Å². The third-order valence-electron chi connectivity index (χ3n) is 5.45. The molecule has 0 unspecified atom stereocenters. The van der Waals surface area contributed by atoms with Crippen LogP contribution in [-0.2, 0) is 27.3 Å². The fourth-order valence-corrected chi connectivity index (χ4v) is 3.78. The van der Waals surface area contributed by atoms with Gasteiger partial charge in [0.1, 0.15) is 6.54 Å². The van der Waals surface area contributed by atoms with E-state index in [0.717, 1.165) is 11.1 Å². The number of para-hydroxylation sites is 1. The van der Waals surface area contributed by atoms with Gasteiger partial charge in [-0.2, -0.15) is 0 Å². The van der Waals surface area contributed by atoms with Gasteiger partial charge in [0.2, 0.25) is 5.91 Å². The molecular formula is C24H25N3O4. The predicted molar refractivity (Wildman–Crippen MR) is 117 cm³/mol. The minimum absolute atomic E-state index is 0.0321. The Morgan fingerprint density at radius 2 is 1.65 bits per heavy atom. The van der Waals surface area contributed by atoms with E-state index >= 15 is 0 Å². The Bertz CT molecular complexity index is 1080. The number of nitrogens with zero attached hydrogens (tertiary/aromatic N) is 2. The normalized spacial score (nSPS) is 13.9. The van der Waals surface area contributed by atoms with Crippen LogP contribution < -0.4 is 5.32 Å². The lowest BCUT2D eigenvalue weighted by Gasteiger charge is -2.27. The number of hydrogen-bond acceptors (Lipinski definition) is 4. The van der Waals surface area contributed by atoms with Crippen LogP contribution >= 0.6 is 0 Å². The first-order valence-electron chi connectivity index (χ1n) is 10.4. The maximum absolute atomic E-state index is 12.9. The average Bonchev–Trinajstić information content (AvgIpc) is 3.18. The number of carbonyl (C=O) groups excluding carboxylic acids is 3. The van der Waals surface area contributed by atoms with Crippen LogP contribution in [0.4, 0.5) is 0 Å². The Kier molecular flexibility index (Phi) is 6.43. The van der Waals surface area contributed by atoms with Crippen molar-refractivity contribution in [3.05, 3.63) is 71.9 Å². The second kappa shape index (κ2) is 9.57. The first kappa shape index (κ1) is 20.8. The topological polar surface area (TPSA) is 80.6 Å². The molecule has 31 heavy (non-hydrogen) atoms. The number of benzene rings is 2. The van der Waals surface area contributed by atoms with Gasteiger partial charge in [-0.25, -0.2) is 0 Å². The van der Waals surface area contributed by atoms with E-state index < -0.39 is 11.7 Å². The number of morpholine rings is 1. The molecule has 7 heteroatoms. The number of ether oxygens (including phenoxy) is 1. The van der Waals surface area contributed by atoms with Crippen molar-refractivity contribution in [3.8, 4) is 0 Å². The van der Waals surface area contributed by atoms with Gasteiger partial charge in [0, 0.05) is 36.7 Å². The summed E-state index contributed by atoms with van der Waals surface area (Å²) in [5.74, 6) is -1.27. The predicted octanol–water partition coefficient (Wildman–Crippen LogP) is 2.04. The van der Waals surface area contributed by atoms with Crippen molar-refractivity contribution in [2.24, 2.45) is 0 Å². The van der Waals surface area contributed by atoms with Crippen LogP contribution in [0.2, 0.25) is 0 Å². The number of rotatable bonds is 7. The summed E-state index contributed by atoms with van der Waals surface area (Å²) in [5, 5.41) is 3.38. The molecule has 3 aromatic rings. The number of amides is 2. The first-order valence-corrected chi connectivity index (χ1v) is 10.4. The largest absolute Gasteiger partial charge is 0.378 e. The van der Waals surface area contributed by atoms with Gasteiger partial charge in [0.05, 0.1) is 18.8 Å². The Hall–Kier alpha value is -3.45. The number of carbonyl (C=O) groups is 3. The van der Waals surface area contributed by atoms with E-state index in [1.54, 1.807) is 21.7 Å². The van der Waals surface area contributed by atoms with E-state index in [1.807, 2.05) is 48.5 Å². The summed E-state index contributed by atoms with van der Waals surface area (Å²) in [6, 6.07) is 17.1. The summed E-state index contributed by atoms with van der Waals surface area (Å²) in [5.41, 5.74) is 2.15. The monoisotopic (exact) mass is 419 g/mol. The highest BCUT2D eigenvalue weighted by Gasteiger charge is 2.23. The summed E-state index contributed by atoms with van der Waals surface area (Å²) in [6.45, 7) is 2.68. The zero-order chi connectivity index (χ0) is 21.6. The van der Waals surface area contributed by atoms with Crippen molar-refractivity contribution in [1.29, 1.82) is 0 Å². The number of fused-ring (bicyclic) bond motifs is 1. The molecule has 7 nitrogen and oxygen atoms in total. The van der Waals surface area contributed by atoms with E-state index in [2.05, 4.69) is 5.32 Å². The second-order valence-electron chi connectivity index (χ2n) is 7.50. The standard InChI is InChI=1S/C24H25N3O4/c28-22(26-12-14-31-15-13-26)17-27-16-20(19-8-4-5-9-21(19)27)23(29)24(30)25-11-10-18-6-2-1-3-7-18/h1-9,16H,10-15,17H2,(H,25,30). The van der Waals surface area contributed by atoms with Crippen LogP contribution in [0.1, 0.15) is 15.9 Å². The van der Waals surface area contributed by atoms with Gasteiger partial charge in [-0.1, -0.05) is 48.5 Å². The van der Waals surface area contributed by atoms with E-state index in [9.17, 15) is 14.4 Å². The Morgan fingerprint density at radius 1 is 0.935 bits per heavy atom. The molecule has 0 bridgehead atoms. The molecule has 4 rings (SSSR count). The maximum atomic E-state index is 12.9. The molecule has 1 saturated heterocycles. The summed E-state index contributed by atoms with van der Waals surface area (Å²) < 4.78 is 7.05. The van der Waals surface area contributed by atoms with Crippen molar-refractivity contribution in [3.63, 3.8) is 0 Å². The highest BCUT2D eigenvalue weighted by atomic mass is 16.5.